The van der Waals surface area contributed by atoms with E-state index in [4.69, 9.17) is 0 Å². The average Bonchev–Trinajstić information content (AvgIpc) is 2.45. The fourth-order valence-electron chi connectivity index (χ4n) is 3.82. The third-order valence-corrected chi connectivity index (χ3v) is 4.86. The molecule has 2 fully saturated rings. The number of rotatable bonds is 5. The van der Waals surface area contributed by atoms with Gasteiger partial charge in [0.2, 0.25) is 5.91 Å². The Morgan fingerprint density at radius 3 is 2.76 bits per heavy atom. The molecule has 1 unspecified atom stereocenters. The zero-order chi connectivity index (χ0) is 15.3. The number of likely N-dealkylation sites (tertiary alicyclic amines) is 1. The highest BCUT2D eigenvalue weighted by Gasteiger charge is 2.37. The highest BCUT2D eigenvalue weighted by atomic mass is 16.2. The average molecular weight is 293 g/mol. The van der Waals surface area contributed by atoms with E-state index < -0.39 is 0 Å². The first kappa shape index (κ1) is 16.5. The van der Waals surface area contributed by atoms with E-state index in [1.165, 1.54) is 25.7 Å². The summed E-state index contributed by atoms with van der Waals surface area (Å²) >= 11 is 0. The topological polar surface area (TPSA) is 35.6 Å². The van der Waals surface area contributed by atoms with E-state index >= 15 is 0 Å². The minimum atomic E-state index is 0.251. The first-order valence-electron chi connectivity index (χ1n) is 8.40. The lowest BCUT2D eigenvalue weighted by molar-refractivity contribution is -0.132. The summed E-state index contributed by atoms with van der Waals surface area (Å²) < 4.78 is 0. The summed E-state index contributed by atoms with van der Waals surface area (Å²) in [6.07, 6.45) is 5.13. The van der Waals surface area contributed by atoms with E-state index in [2.05, 4.69) is 16.8 Å². The van der Waals surface area contributed by atoms with E-state index in [9.17, 15) is 4.79 Å². The SMILES string of the molecule is C=C(C)CN(CC)C(=O)CN1CCCC2(CCCNC2)C1. The number of nitrogens with one attached hydrogen (secondary N) is 1. The van der Waals surface area contributed by atoms with E-state index in [0.29, 0.717) is 18.5 Å². The molecule has 2 saturated heterocycles. The molecular formula is C17H31N3O. The van der Waals surface area contributed by atoms with Gasteiger partial charge in [-0.1, -0.05) is 12.2 Å². The van der Waals surface area contributed by atoms with Crippen molar-refractivity contribution in [3.05, 3.63) is 12.2 Å². The van der Waals surface area contributed by atoms with Crippen LogP contribution in [0.25, 0.3) is 0 Å². The Morgan fingerprint density at radius 2 is 2.14 bits per heavy atom. The number of carbonyl (C=O) groups excluding carboxylic acids is 1. The van der Waals surface area contributed by atoms with Gasteiger partial charge in [0.05, 0.1) is 6.54 Å². The van der Waals surface area contributed by atoms with E-state index in [0.717, 1.165) is 38.3 Å². The largest absolute Gasteiger partial charge is 0.338 e. The molecule has 1 atom stereocenters. The maximum Gasteiger partial charge on any atom is 0.237 e. The molecule has 0 aromatic rings. The van der Waals surface area contributed by atoms with Gasteiger partial charge in [0.1, 0.15) is 0 Å². The van der Waals surface area contributed by atoms with E-state index in [1.54, 1.807) is 0 Å². The second kappa shape index (κ2) is 7.41. The van der Waals surface area contributed by atoms with Crippen LogP contribution in [0.5, 0.6) is 0 Å². The summed E-state index contributed by atoms with van der Waals surface area (Å²) in [6, 6.07) is 0. The van der Waals surface area contributed by atoms with Gasteiger partial charge in [-0.3, -0.25) is 9.69 Å². The van der Waals surface area contributed by atoms with Crippen LogP contribution in [0.4, 0.5) is 0 Å². The van der Waals surface area contributed by atoms with Gasteiger partial charge in [0.25, 0.3) is 0 Å². The second-order valence-electron chi connectivity index (χ2n) is 6.96. The van der Waals surface area contributed by atoms with Crippen molar-refractivity contribution in [3.8, 4) is 0 Å². The second-order valence-corrected chi connectivity index (χ2v) is 6.96. The molecule has 0 saturated carbocycles. The van der Waals surface area contributed by atoms with Crippen LogP contribution in [0.3, 0.4) is 0 Å². The monoisotopic (exact) mass is 293 g/mol. The molecule has 4 nitrogen and oxygen atoms in total. The molecule has 2 rings (SSSR count). The molecule has 4 heteroatoms. The fourth-order valence-corrected chi connectivity index (χ4v) is 3.82. The number of hydrogen-bond donors (Lipinski definition) is 1. The van der Waals surface area contributed by atoms with Crippen LogP contribution < -0.4 is 5.32 Å². The lowest BCUT2D eigenvalue weighted by Crippen LogP contribution is -2.53. The van der Waals surface area contributed by atoms with Crippen LogP contribution in [0.15, 0.2) is 12.2 Å². The van der Waals surface area contributed by atoms with Crippen molar-refractivity contribution in [1.82, 2.24) is 15.1 Å². The fraction of sp³-hybridized carbons (Fsp3) is 0.824. The third-order valence-electron chi connectivity index (χ3n) is 4.86. The minimum Gasteiger partial charge on any atom is -0.338 e. The molecule has 2 heterocycles. The molecule has 0 aliphatic carbocycles. The summed E-state index contributed by atoms with van der Waals surface area (Å²) in [5.74, 6) is 0.251. The van der Waals surface area contributed by atoms with Gasteiger partial charge in [-0.25, -0.2) is 0 Å². The molecule has 2 aliphatic heterocycles. The molecule has 0 aromatic heterocycles. The zero-order valence-electron chi connectivity index (χ0n) is 13.8. The van der Waals surface area contributed by atoms with Crippen LogP contribution in [-0.4, -0.2) is 61.5 Å². The number of piperidine rings is 2. The quantitative estimate of drug-likeness (QED) is 0.786. The van der Waals surface area contributed by atoms with Crippen LogP contribution in [-0.2, 0) is 4.79 Å². The van der Waals surface area contributed by atoms with Crippen molar-refractivity contribution in [3.63, 3.8) is 0 Å². The number of nitrogens with zero attached hydrogens (tertiary/aromatic N) is 2. The molecule has 21 heavy (non-hydrogen) atoms. The molecule has 2 aliphatic rings. The smallest absolute Gasteiger partial charge is 0.237 e. The number of carbonyl (C=O) groups is 1. The normalized spacial score (nSPS) is 26.8. The predicted octanol–water partition coefficient (Wildman–Crippen LogP) is 1.88. The first-order chi connectivity index (χ1) is 10.0. The minimum absolute atomic E-state index is 0.251. The van der Waals surface area contributed by atoms with Crippen molar-refractivity contribution in [1.29, 1.82) is 0 Å². The van der Waals surface area contributed by atoms with Crippen molar-refractivity contribution in [2.24, 2.45) is 5.41 Å². The summed E-state index contributed by atoms with van der Waals surface area (Å²) in [5, 5.41) is 3.55. The zero-order valence-corrected chi connectivity index (χ0v) is 13.8. The Kier molecular flexibility index (Phi) is 5.82. The van der Waals surface area contributed by atoms with Gasteiger partial charge < -0.3 is 10.2 Å². The van der Waals surface area contributed by atoms with Gasteiger partial charge in [-0.05, 0) is 58.0 Å². The predicted molar refractivity (Wildman–Crippen MR) is 87.3 cm³/mol. The van der Waals surface area contributed by atoms with Crippen LogP contribution >= 0.6 is 0 Å². The standard InChI is InChI=1S/C17H31N3O/c1-4-20(11-15(2)3)16(21)12-19-10-6-8-17(14-19)7-5-9-18-13-17/h18H,2,4-14H2,1,3H3. The van der Waals surface area contributed by atoms with Gasteiger partial charge >= 0.3 is 0 Å². The maximum atomic E-state index is 12.5. The van der Waals surface area contributed by atoms with Crippen molar-refractivity contribution in [2.75, 3.05) is 45.8 Å². The van der Waals surface area contributed by atoms with Crippen molar-refractivity contribution >= 4 is 5.91 Å². The number of likely N-dealkylation sites (N-methyl/N-ethyl adjacent to an activating group) is 1. The van der Waals surface area contributed by atoms with Crippen molar-refractivity contribution in [2.45, 2.75) is 39.5 Å². The summed E-state index contributed by atoms with van der Waals surface area (Å²) in [6.45, 7) is 14.4. The summed E-state index contributed by atoms with van der Waals surface area (Å²) in [4.78, 5) is 16.8. The highest BCUT2D eigenvalue weighted by Crippen LogP contribution is 2.35. The summed E-state index contributed by atoms with van der Waals surface area (Å²) in [5.41, 5.74) is 1.47. The third kappa shape index (κ3) is 4.55. The van der Waals surface area contributed by atoms with Crippen LogP contribution in [0.2, 0.25) is 0 Å². The van der Waals surface area contributed by atoms with Gasteiger partial charge in [-0.2, -0.15) is 0 Å². The molecule has 0 bridgehead atoms. The molecule has 120 valence electrons. The van der Waals surface area contributed by atoms with E-state index in [1.807, 2.05) is 18.7 Å². The Labute approximate surface area is 129 Å². The number of hydrogen-bond acceptors (Lipinski definition) is 3. The molecule has 1 spiro atoms. The Morgan fingerprint density at radius 1 is 1.38 bits per heavy atom. The Balaban J connectivity index is 1.89. The van der Waals surface area contributed by atoms with Crippen LogP contribution in [0, 0.1) is 5.41 Å². The lowest BCUT2D eigenvalue weighted by atomic mass is 9.74. The van der Waals surface area contributed by atoms with Gasteiger partial charge in [-0.15, -0.1) is 0 Å². The Bertz CT molecular complexity index is 369. The molecule has 1 amide bonds. The molecule has 0 radical (unpaired) electrons. The van der Waals surface area contributed by atoms with E-state index in [-0.39, 0.29) is 5.91 Å². The highest BCUT2D eigenvalue weighted by molar-refractivity contribution is 5.78. The number of amides is 1. The van der Waals surface area contributed by atoms with Gasteiger partial charge in [0, 0.05) is 26.2 Å². The molecule has 0 aromatic carbocycles. The molecule has 1 N–H and O–H groups in total. The first-order valence-corrected chi connectivity index (χ1v) is 8.40. The van der Waals surface area contributed by atoms with Gasteiger partial charge in [0.15, 0.2) is 0 Å². The van der Waals surface area contributed by atoms with Crippen LogP contribution in [0.1, 0.15) is 39.5 Å². The Hall–Kier alpha value is -0.870. The molecular weight excluding hydrogens is 262 g/mol. The summed E-state index contributed by atoms with van der Waals surface area (Å²) in [7, 11) is 0. The maximum absolute atomic E-state index is 12.5. The lowest BCUT2D eigenvalue weighted by Gasteiger charge is -2.45. The van der Waals surface area contributed by atoms with Crippen molar-refractivity contribution < 1.29 is 4.79 Å².